The number of nitrogen functional groups attached to an aromatic ring is 1. The number of nitriles is 1. The SMILES string of the molecule is Cn1cnnc1Sc1cccc(C#N)c1N. The van der Waals surface area contributed by atoms with Gasteiger partial charge < -0.3 is 10.3 Å². The highest BCUT2D eigenvalue weighted by atomic mass is 32.2. The van der Waals surface area contributed by atoms with E-state index in [1.807, 2.05) is 19.2 Å². The van der Waals surface area contributed by atoms with E-state index >= 15 is 0 Å². The Labute approximate surface area is 96.9 Å². The summed E-state index contributed by atoms with van der Waals surface area (Å²) in [7, 11) is 1.85. The molecule has 0 unspecified atom stereocenters. The van der Waals surface area contributed by atoms with Gasteiger partial charge in [0.15, 0.2) is 5.16 Å². The van der Waals surface area contributed by atoms with Gasteiger partial charge in [-0.25, -0.2) is 0 Å². The van der Waals surface area contributed by atoms with E-state index < -0.39 is 0 Å². The number of aryl methyl sites for hydroxylation is 1. The lowest BCUT2D eigenvalue weighted by atomic mass is 10.2. The van der Waals surface area contributed by atoms with E-state index in [1.54, 1.807) is 23.0 Å². The molecular formula is C10H9N5S. The van der Waals surface area contributed by atoms with Gasteiger partial charge in [0.1, 0.15) is 12.4 Å². The van der Waals surface area contributed by atoms with Crippen LogP contribution in [0.3, 0.4) is 0 Å². The Morgan fingerprint density at radius 3 is 2.94 bits per heavy atom. The zero-order valence-electron chi connectivity index (χ0n) is 8.58. The van der Waals surface area contributed by atoms with Gasteiger partial charge >= 0.3 is 0 Å². The lowest BCUT2D eigenvalue weighted by molar-refractivity contribution is 0.789. The lowest BCUT2D eigenvalue weighted by Crippen LogP contribution is -1.94. The summed E-state index contributed by atoms with van der Waals surface area (Å²) in [6.07, 6.45) is 1.62. The van der Waals surface area contributed by atoms with Gasteiger partial charge in [-0.2, -0.15) is 5.26 Å². The van der Waals surface area contributed by atoms with Gasteiger partial charge in [-0.1, -0.05) is 6.07 Å². The number of rotatable bonds is 2. The third-order valence-electron chi connectivity index (χ3n) is 2.06. The van der Waals surface area contributed by atoms with Crippen LogP contribution < -0.4 is 5.73 Å². The quantitative estimate of drug-likeness (QED) is 0.790. The molecule has 2 aromatic rings. The first-order valence-electron chi connectivity index (χ1n) is 4.53. The van der Waals surface area contributed by atoms with Crippen LogP contribution in [0.4, 0.5) is 5.69 Å². The van der Waals surface area contributed by atoms with Crippen molar-refractivity contribution in [3.05, 3.63) is 30.1 Å². The number of nitrogens with two attached hydrogens (primary N) is 1. The van der Waals surface area contributed by atoms with Crippen LogP contribution >= 0.6 is 11.8 Å². The van der Waals surface area contributed by atoms with Crippen LogP contribution in [0.5, 0.6) is 0 Å². The van der Waals surface area contributed by atoms with Gasteiger partial charge in [0.25, 0.3) is 0 Å². The number of aromatic nitrogens is 3. The Morgan fingerprint density at radius 1 is 1.50 bits per heavy atom. The van der Waals surface area contributed by atoms with Crippen LogP contribution in [0.1, 0.15) is 5.56 Å². The molecule has 2 N–H and O–H groups in total. The number of benzene rings is 1. The minimum Gasteiger partial charge on any atom is -0.397 e. The van der Waals surface area contributed by atoms with Crippen molar-refractivity contribution in [3.63, 3.8) is 0 Å². The number of hydrogen-bond donors (Lipinski definition) is 1. The summed E-state index contributed by atoms with van der Waals surface area (Å²) < 4.78 is 1.79. The third-order valence-corrected chi connectivity index (χ3v) is 3.19. The smallest absolute Gasteiger partial charge is 0.195 e. The Balaban J connectivity index is 2.36. The van der Waals surface area contributed by atoms with Crippen LogP contribution in [0, 0.1) is 11.3 Å². The molecule has 0 saturated heterocycles. The molecule has 0 aliphatic rings. The first-order valence-corrected chi connectivity index (χ1v) is 5.34. The molecule has 0 aliphatic heterocycles. The Kier molecular flexibility index (Phi) is 2.79. The zero-order chi connectivity index (χ0) is 11.5. The van der Waals surface area contributed by atoms with Crippen molar-refractivity contribution in [2.24, 2.45) is 7.05 Å². The average molecular weight is 231 g/mol. The van der Waals surface area contributed by atoms with Crippen molar-refractivity contribution in [2.75, 3.05) is 5.73 Å². The van der Waals surface area contributed by atoms with E-state index in [2.05, 4.69) is 10.2 Å². The van der Waals surface area contributed by atoms with Gasteiger partial charge in [0.2, 0.25) is 0 Å². The van der Waals surface area contributed by atoms with E-state index in [1.165, 1.54) is 11.8 Å². The normalized spacial score (nSPS) is 10.0. The molecule has 0 aliphatic carbocycles. The van der Waals surface area contributed by atoms with Crippen LogP contribution in [0.25, 0.3) is 0 Å². The summed E-state index contributed by atoms with van der Waals surface area (Å²) in [5, 5.41) is 17.3. The van der Waals surface area contributed by atoms with E-state index in [9.17, 15) is 0 Å². The molecule has 2 rings (SSSR count). The number of para-hydroxylation sites is 1. The largest absolute Gasteiger partial charge is 0.397 e. The summed E-state index contributed by atoms with van der Waals surface area (Å²) in [6.45, 7) is 0. The van der Waals surface area contributed by atoms with Crippen molar-refractivity contribution in [2.45, 2.75) is 10.1 Å². The molecule has 16 heavy (non-hydrogen) atoms. The van der Waals surface area contributed by atoms with Crippen LogP contribution in [0.2, 0.25) is 0 Å². The average Bonchev–Trinajstić information content (AvgIpc) is 2.68. The summed E-state index contributed by atoms with van der Waals surface area (Å²) in [5.74, 6) is 0. The van der Waals surface area contributed by atoms with Crippen molar-refractivity contribution in [3.8, 4) is 6.07 Å². The highest BCUT2D eigenvalue weighted by Gasteiger charge is 2.09. The molecule has 0 atom stereocenters. The molecule has 0 amide bonds. The maximum Gasteiger partial charge on any atom is 0.195 e. The van der Waals surface area contributed by atoms with E-state index in [-0.39, 0.29) is 0 Å². The number of anilines is 1. The Hall–Kier alpha value is -2.00. The molecule has 1 heterocycles. The highest BCUT2D eigenvalue weighted by Crippen LogP contribution is 2.31. The predicted octanol–water partition coefficient (Wildman–Crippen LogP) is 1.42. The Bertz CT molecular complexity index is 555. The fourth-order valence-electron chi connectivity index (χ4n) is 1.19. The Morgan fingerprint density at radius 2 is 2.31 bits per heavy atom. The zero-order valence-corrected chi connectivity index (χ0v) is 9.40. The number of hydrogen-bond acceptors (Lipinski definition) is 5. The summed E-state index contributed by atoms with van der Waals surface area (Å²) >= 11 is 1.39. The topological polar surface area (TPSA) is 80.5 Å². The summed E-state index contributed by atoms with van der Waals surface area (Å²) in [6, 6.07) is 7.40. The van der Waals surface area contributed by atoms with Crippen LogP contribution in [0.15, 0.2) is 34.6 Å². The fourth-order valence-corrected chi connectivity index (χ4v) is 2.04. The maximum absolute atomic E-state index is 8.85. The van der Waals surface area contributed by atoms with Crippen molar-refractivity contribution in [1.82, 2.24) is 14.8 Å². The number of nitrogens with zero attached hydrogens (tertiary/aromatic N) is 4. The maximum atomic E-state index is 8.85. The molecule has 0 spiro atoms. The molecule has 80 valence electrons. The third kappa shape index (κ3) is 1.85. The minimum atomic E-state index is 0.479. The van der Waals surface area contributed by atoms with E-state index in [4.69, 9.17) is 11.0 Å². The van der Waals surface area contributed by atoms with Crippen molar-refractivity contribution >= 4 is 17.4 Å². The summed E-state index contributed by atoms with van der Waals surface area (Å²) in [4.78, 5) is 0.815. The molecular weight excluding hydrogens is 222 g/mol. The molecule has 1 aromatic heterocycles. The first-order chi connectivity index (χ1) is 7.72. The fraction of sp³-hybridized carbons (Fsp3) is 0.100. The monoisotopic (exact) mass is 231 g/mol. The standard InChI is InChI=1S/C10H9N5S/c1-15-6-13-14-10(15)16-8-4-2-3-7(5-11)9(8)12/h2-4,6H,12H2,1H3. The van der Waals surface area contributed by atoms with Gasteiger partial charge in [0.05, 0.1) is 11.3 Å². The van der Waals surface area contributed by atoms with Crippen LogP contribution in [-0.4, -0.2) is 14.8 Å². The lowest BCUT2D eigenvalue weighted by Gasteiger charge is -2.05. The van der Waals surface area contributed by atoms with Crippen LogP contribution in [-0.2, 0) is 7.05 Å². The summed E-state index contributed by atoms with van der Waals surface area (Å²) in [5.41, 5.74) is 6.82. The molecule has 5 nitrogen and oxygen atoms in total. The second-order valence-corrected chi connectivity index (χ2v) is 4.16. The van der Waals surface area contributed by atoms with Crippen molar-refractivity contribution < 1.29 is 0 Å². The second kappa shape index (κ2) is 4.24. The van der Waals surface area contributed by atoms with Gasteiger partial charge in [0, 0.05) is 11.9 Å². The van der Waals surface area contributed by atoms with Crippen molar-refractivity contribution in [1.29, 1.82) is 5.26 Å². The molecule has 1 aromatic carbocycles. The van der Waals surface area contributed by atoms with E-state index in [0.717, 1.165) is 10.1 Å². The molecule has 0 bridgehead atoms. The van der Waals surface area contributed by atoms with E-state index in [0.29, 0.717) is 11.3 Å². The highest BCUT2D eigenvalue weighted by molar-refractivity contribution is 7.99. The molecule has 0 saturated carbocycles. The minimum absolute atomic E-state index is 0.479. The molecule has 0 radical (unpaired) electrons. The predicted molar refractivity (Wildman–Crippen MR) is 60.7 cm³/mol. The first kappa shape index (κ1) is 10.5. The van der Waals surface area contributed by atoms with Gasteiger partial charge in [-0.3, -0.25) is 0 Å². The van der Waals surface area contributed by atoms with Gasteiger partial charge in [-0.15, -0.1) is 10.2 Å². The molecule has 6 heteroatoms. The molecule has 0 fully saturated rings. The van der Waals surface area contributed by atoms with Gasteiger partial charge in [-0.05, 0) is 23.9 Å². The second-order valence-electron chi connectivity index (χ2n) is 3.16.